The quantitative estimate of drug-likeness (QED) is 0.187. The molecule has 5 nitrogen and oxygen atoms in total. The van der Waals surface area contributed by atoms with E-state index in [1.807, 2.05) is 53.9 Å². The second-order valence-corrected chi connectivity index (χ2v) is 8.82. The molecule has 0 bridgehead atoms. The third kappa shape index (κ3) is 7.10. The molecule has 0 radical (unpaired) electrons. The number of nitriles is 1. The summed E-state index contributed by atoms with van der Waals surface area (Å²) in [5.74, 6) is 2.25. The van der Waals surface area contributed by atoms with Crippen LogP contribution >= 0.6 is 11.3 Å². The number of hydrogen-bond acceptors (Lipinski definition) is 6. The molecular formula is C28H32N2O3S. The van der Waals surface area contributed by atoms with E-state index in [-0.39, 0.29) is 0 Å². The van der Waals surface area contributed by atoms with Crippen LogP contribution in [0.3, 0.4) is 0 Å². The minimum absolute atomic E-state index is 0.518. The summed E-state index contributed by atoms with van der Waals surface area (Å²) >= 11 is 1.44. The molecule has 0 saturated carbocycles. The van der Waals surface area contributed by atoms with Gasteiger partial charge in [0.15, 0.2) is 0 Å². The SMILES string of the molecule is CCCCCCCCOc1ccc(/C=C(/C#N)c2nc(-c3ccc(OC)cc3OC)cs2)cc1. The molecule has 0 saturated heterocycles. The maximum atomic E-state index is 9.75. The van der Waals surface area contributed by atoms with Crippen molar-refractivity contribution in [3.63, 3.8) is 0 Å². The Bertz CT molecular complexity index is 1110. The van der Waals surface area contributed by atoms with Crippen molar-refractivity contribution in [2.75, 3.05) is 20.8 Å². The Kier molecular flexibility index (Phi) is 9.99. The van der Waals surface area contributed by atoms with E-state index in [2.05, 4.69) is 18.0 Å². The predicted molar refractivity (Wildman–Crippen MR) is 139 cm³/mol. The van der Waals surface area contributed by atoms with Gasteiger partial charge in [0, 0.05) is 17.0 Å². The first-order valence-electron chi connectivity index (χ1n) is 11.7. The molecule has 0 spiro atoms. The monoisotopic (exact) mass is 476 g/mol. The first kappa shape index (κ1) is 25.3. The molecule has 0 aliphatic rings. The van der Waals surface area contributed by atoms with Crippen molar-refractivity contribution in [1.29, 1.82) is 5.26 Å². The zero-order valence-electron chi connectivity index (χ0n) is 20.2. The molecule has 0 N–H and O–H groups in total. The first-order valence-corrected chi connectivity index (χ1v) is 12.6. The third-order valence-electron chi connectivity index (χ3n) is 5.50. The van der Waals surface area contributed by atoms with Gasteiger partial charge in [-0.1, -0.05) is 51.2 Å². The Labute approximate surface area is 206 Å². The molecule has 178 valence electrons. The first-order chi connectivity index (χ1) is 16.7. The van der Waals surface area contributed by atoms with Crippen LogP contribution in [0.15, 0.2) is 47.8 Å². The zero-order valence-corrected chi connectivity index (χ0v) is 21.0. The number of methoxy groups -OCH3 is 2. The fourth-order valence-electron chi connectivity index (χ4n) is 3.57. The Balaban J connectivity index is 1.64. The average molecular weight is 477 g/mol. The highest BCUT2D eigenvalue weighted by molar-refractivity contribution is 7.11. The molecule has 3 aromatic rings. The standard InChI is InChI=1S/C28H32N2O3S/c1-4-5-6-7-8-9-16-33-23-12-10-21(11-13-23)17-22(19-29)28-30-26(20-34-28)25-15-14-24(31-2)18-27(25)32-3/h10-15,17-18,20H,4-9,16H2,1-3H3/b22-17-. The highest BCUT2D eigenvalue weighted by atomic mass is 32.1. The van der Waals surface area contributed by atoms with Crippen LogP contribution in [0.4, 0.5) is 0 Å². The number of thiazole rings is 1. The van der Waals surface area contributed by atoms with Crippen molar-refractivity contribution in [3.05, 3.63) is 58.4 Å². The van der Waals surface area contributed by atoms with E-state index in [9.17, 15) is 5.26 Å². The van der Waals surface area contributed by atoms with Gasteiger partial charge in [-0.05, 0) is 42.3 Å². The van der Waals surface area contributed by atoms with E-state index >= 15 is 0 Å². The van der Waals surface area contributed by atoms with Gasteiger partial charge < -0.3 is 14.2 Å². The number of ether oxygens (including phenoxy) is 3. The van der Waals surface area contributed by atoms with E-state index in [0.29, 0.717) is 22.1 Å². The molecule has 0 fully saturated rings. The second-order valence-electron chi connectivity index (χ2n) is 7.96. The smallest absolute Gasteiger partial charge is 0.134 e. The molecule has 0 aliphatic heterocycles. The molecule has 3 rings (SSSR count). The van der Waals surface area contributed by atoms with E-state index in [4.69, 9.17) is 14.2 Å². The maximum absolute atomic E-state index is 9.75. The Morgan fingerprint density at radius 2 is 1.71 bits per heavy atom. The van der Waals surface area contributed by atoms with Crippen molar-refractivity contribution in [2.45, 2.75) is 45.4 Å². The Morgan fingerprint density at radius 3 is 2.41 bits per heavy atom. The molecule has 0 atom stereocenters. The fourth-order valence-corrected chi connectivity index (χ4v) is 4.36. The molecule has 0 unspecified atom stereocenters. The number of nitrogens with zero attached hydrogens (tertiary/aromatic N) is 2. The summed E-state index contributed by atoms with van der Waals surface area (Å²) in [4.78, 5) is 4.69. The van der Waals surface area contributed by atoms with Gasteiger partial charge in [0.2, 0.25) is 0 Å². The summed E-state index contributed by atoms with van der Waals surface area (Å²) < 4.78 is 16.6. The number of rotatable bonds is 13. The lowest BCUT2D eigenvalue weighted by Crippen LogP contribution is -1.97. The van der Waals surface area contributed by atoms with E-state index in [1.54, 1.807) is 14.2 Å². The second kappa shape index (κ2) is 13.4. The van der Waals surface area contributed by atoms with Crippen LogP contribution in [0.5, 0.6) is 17.2 Å². The van der Waals surface area contributed by atoms with E-state index in [0.717, 1.165) is 35.6 Å². The van der Waals surface area contributed by atoms with Crippen LogP contribution in [0.2, 0.25) is 0 Å². The molecule has 6 heteroatoms. The van der Waals surface area contributed by atoms with Crippen LogP contribution in [0.1, 0.15) is 56.0 Å². The van der Waals surface area contributed by atoms with Gasteiger partial charge in [0.05, 0.1) is 32.1 Å². The Hall–Kier alpha value is -3.30. The van der Waals surface area contributed by atoms with Crippen molar-refractivity contribution in [2.24, 2.45) is 0 Å². The summed E-state index contributed by atoms with van der Waals surface area (Å²) in [6.45, 7) is 2.97. The molecule has 1 aromatic heterocycles. The number of aromatic nitrogens is 1. The minimum Gasteiger partial charge on any atom is -0.497 e. The van der Waals surface area contributed by atoms with Gasteiger partial charge in [-0.2, -0.15) is 5.26 Å². The lowest BCUT2D eigenvalue weighted by molar-refractivity contribution is 0.304. The highest BCUT2D eigenvalue weighted by Crippen LogP contribution is 2.35. The van der Waals surface area contributed by atoms with Crippen LogP contribution in [0, 0.1) is 11.3 Å². The normalized spacial score (nSPS) is 11.2. The zero-order chi connectivity index (χ0) is 24.2. The van der Waals surface area contributed by atoms with Gasteiger partial charge in [0.1, 0.15) is 28.3 Å². The molecule has 34 heavy (non-hydrogen) atoms. The van der Waals surface area contributed by atoms with Crippen LogP contribution < -0.4 is 14.2 Å². The molecule has 0 amide bonds. The number of hydrogen-bond donors (Lipinski definition) is 0. The van der Waals surface area contributed by atoms with Crippen LogP contribution in [-0.2, 0) is 0 Å². The van der Waals surface area contributed by atoms with Gasteiger partial charge in [-0.25, -0.2) is 4.98 Å². The van der Waals surface area contributed by atoms with Crippen molar-refractivity contribution in [3.8, 4) is 34.6 Å². The van der Waals surface area contributed by atoms with E-state index in [1.165, 1.54) is 43.4 Å². The number of benzene rings is 2. The van der Waals surface area contributed by atoms with Crippen LogP contribution in [0.25, 0.3) is 22.9 Å². The van der Waals surface area contributed by atoms with Gasteiger partial charge in [-0.15, -0.1) is 11.3 Å². The maximum Gasteiger partial charge on any atom is 0.134 e. The van der Waals surface area contributed by atoms with E-state index < -0.39 is 0 Å². The van der Waals surface area contributed by atoms with Crippen molar-refractivity contribution < 1.29 is 14.2 Å². The lowest BCUT2D eigenvalue weighted by Gasteiger charge is -2.08. The van der Waals surface area contributed by atoms with Gasteiger partial charge in [0.25, 0.3) is 0 Å². The number of allylic oxidation sites excluding steroid dienone is 1. The predicted octanol–water partition coefficient (Wildman–Crippen LogP) is 7.63. The number of unbranched alkanes of at least 4 members (excludes halogenated alkanes) is 5. The van der Waals surface area contributed by atoms with Crippen molar-refractivity contribution in [1.82, 2.24) is 4.98 Å². The topological polar surface area (TPSA) is 64.4 Å². The summed E-state index contributed by atoms with van der Waals surface area (Å²) in [6, 6.07) is 15.7. The summed E-state index contributed by atoms with van der Waals surface area (Å²) in [5.41, 5.74) is 3.07. The average Bonchev–Trinajstić information content (AvgIpc) is 3.37. The van der Waals surface area contributed by atoms with Crippen molar-refractivity contribution >= 4 is 23.0 Å². The summed E-state index contributed by atoms with van der Waals surface area (Å²) in [7, 11) is 3.24. The summed E-state index contributed by atoms with van der Waals surface area (Å²) in [6.07, 6.45) is 9.32. The summed E-state index contributed by atoms with van der Waals surface area (Å²) in [5, 5.41) is 12.3. The largest absolute Gasteiger partial charge is 0.497 e. The molecular weight excluding hydrogens is 444 g/mol. The molecule has 1 heterocycles. The minimum atomic E-state index is 0.518. The highest BCUT2D eigenvalue weighted by Gasteiger charge is 2.13. The lowest BCUT2D eigenvalue weighted by atomic mass is 10.1. The van der Waals surface area contributed by atoms with Gasteiger partial charge >= 0.3 is 0 Å². The molecule has 0 aliphatic carbocycles. The Morgan fingerprint density at radius 1 is 0.971 bits per heavy atom. The van der Waals surface area contributed by atoms with Gasteiger partial charge in [-0.3, -0.25) is 0 Å². The van der Waals surface area contributed by atoms with Crippen LogP contribution in [-0.4, -0.2) is 25.8 Å². The fraction of sp³-hybridized carbons (Fsp3) is 0.357. The molecule has 2 aromatic carbocycles. The third-order valence-corrected chi connectivity index (χ3v) is 6.37.